The summed E-state index contributed by atoms with van der Waals surface area (Å²) in [4.78, 5) is 10.7. The predicted molar refractivity (Wildman–Crippen MR) is 55.9 cm³/mol. The molecule has 3 N–H and O–H groups in total. The molecule has 14 heavy (non-hydrogen) atoms. The first-order valence-corrected chi connectivity index (χ1v) is 6.29. The summed E-state index contributed by atoms with van der Waals surface area (Å²) in [7, 11) is -2.61. The summed E-state index contributed by atoms with van der Waals surface area (Å²) < 4.78 is 18.1. The van der Waals surface area contributed by atoms with Gasteiger partial charge in [-0.1, -0.05) is 6.08 Å². The predicted octanol–water partition coefficient (Wildman–Crippen LogP) is 0.282. The van der Waals surface area contributed by atoms with Crippen molar-refractivity contribution in [3.8, 4) is 0 Å². The highest BCUT2D eigenvalue weighted by atomic mass is 32.2. The molecule has 1 unspecified atom stereocenters. The monoisotopic (exact) mass is 220 g/mol. The van der Waals surface area contributed by atoms with Gasteiger partial charge in [0, 0.05) is 28.3 Å². The molecule has 6 heteroatoms. The molecule has 2 atom stereocenters. The Bertz CT molecular complexity index is 298. The van der Waals surface area contributed by atoms with Crippen molar-refractivity contribution in [2.45, 2.75) is 12.5 Å². The van der Waals surface area contributed by atoms with Crippen LogP contribution in [-0.2, 0) is 14.5 Å². The highest BCUT2D eigenvalue weighted by molar-refractivity contribution is 7.91. The van der Waals surface area contributed by atoms with Crippen LogP contribution in [0.1, 0.15) is 6.42 Å². The van der Waals surface area contributed by atoms with Gasteiger partial charge in [-0.25, -0.2) is 0 Å². The lowest BCUT2D eigenvalue weighted by Gasteiger charge is -2.12. The van der Waals surface area contributed by atoms with Crippen molar-refractivity contribution in [1.29, 1.82) is 4.78 Å². The maximum atomic E-state index is 11.0. The number of nitrogens with one attached hydrogen (secondary N) is 2. The third kappa shape index (κ3) is 6.62. The van der Waals surface area contributed by atoms with Gasteiger partial charge >= 0.3 is 5.97 Å². The first-order valence-electron chi connectivity index (χ1n) is 4.15. The van der Waals surface area contributed by atoms with E-state index >= 15 is 0 Å². The summed E-state index contributed by atoms with van der Waals surface area (Å²) in [5.41, 5.74) is 0. The number of carboxylic acids is 1. The third-order valence-electron chi connectivity index (χ3n) is 1.60. The molecular weight excluding hydrogens is 204 g/mol. The molecule has 5 nitrogen and oxygen atoms in total. The molecule has 0 saturated heterocycles. The maximum Gasteiger partial charge on any atom is 0.320 e. The second-order valence-electron chi connectivity index (χ2n) is 3.09. The van der Waals surface area contributed by atoms with Gasteiger partial charge in [-0.2, -0.15) is 0 Å². The van der Waals surface area contributed by atoms with E-state index in [1.54, 1.807) is 6.08 Å². The minimum Gasteiger partial charge on any atom is -0.480 e. The smallest absolute Gasteiger partial charge is 0.320 e. The van der Waals surface area contributed by atoms with E-state index in [-0.39, 0.29) is 12.2 Å². The van der Waals surface area contributed by atoms with Crippen LogP contribution in [0, 0.1) is 4.78 Å². The van der Waals surface area contributed by atoms with E-state index in [9.17, 15) is 9.00 Å². The molecule has 0 aromatic carbocycles. The van der Waals surface area contributed by atoms with Gasteiger partial charge in [0.2, 0.25) is 0 Å². The Morgan fingerprint density at radius 3 is 2.71 bits per heavy atom. The highest BCUT2D eigenvalue weighted by Crippen LogP contribution is 1.97. The lowest BCUT2D eigenvalue weighted by molar-refractivity contribution is -0.139. The molecular formula is C8H16N2O3S. The number of carboxylic acid groups (broad SMARTS) is 1. The van der Waals surface area contributed by atoms with Crippen molar-refractivity contribution in [2.24, 2.45) is 0 Å². The molecule has 0 heterocycles. The fourth-order valence-electron chi connectivity index (χ4n) is 0.881. The Hall–Kier alpha value is -0.880. The minimum atomic E-state index is -2.61. The van der Waals surface area contributed by atoms with E-state index in [1.165, 1.54) is 6.26 Å². The fraction of sp³-hybridized carbons (Fsp3) is 0.625. The van der Waals surface area contributed by atoms with Crippen LogP contribution in [0.3, 0.4) is 0 Å². The van der Waals surface area contributed by atoms with Crippen LogP contribution in [-0.4, -0.2) is 39.9 Å². The van der Waals surface area contributed by atoms with Gasteiger partial charge in [0.15, 0.2) is 0 Å². The van der Waals surface area contributed by atoms with Crippen LogP contribution in [0.25, 0.3) is 0 Å². The number of rotatable bonds is 7. The lowest BCUT2D eigenvalue weighted by atomic mass is 10.2. The minimum absolute atomic E-state index is 0.0914. The van der Waals surface area contributed by atoms with E-state index in [2.05, 4.69) is 11.9 Å². The Kier molecular flexibility index (Phi) is 5.40. The molecule has 82 valence electrons. The summed E-state index contributed by atoms with van der Waals surface area (Å²) in [6.07, 6.45) is 3.06. The van der Waals surface area contributed by atoms with Crippen LogP contribution in [0.4, 0.5) is 0 Å². The Balaban J connectivity index is 4.10. The first-order chi connectivity index (χ1) is 6.37. The van der Waals surface area contributed by atoms with E-state index in [0.29, 0.717) is 6.54 Å². The van der Waals surface area contributed by atoms with E-state index in [0.717, 1.165) is 0 Å². The number of hydrogen-bond acceptors (Lipinski definition) is 4. The normalized spacial score (nSPS) is 16.9. The average Bonchev–Trinajstić information content (AvgIpc) is 2.01. The van der Waals surface area contributed by atoms with Crippen molar-refractivity contribution in [1.82, 2.24) is 5.32 Å². The zero-order valence-electron chi connectivity index (χ0n) is 8.16. The van der Waals surface area contributed by atoms with Crippen molar-refractivity contribution in [3.05, 3.63) is 12.7 Å². The molecule has 0 rings (SSSR count). The summed E-state index contributed by atoms with van der Waals surface area (Å²) >= 11 is 0. The topological polar surface area (TPSA) is 90.3 Å². The molecule has 0 fully saturated rings. The largest absolute Gasteiger partial charge is 0.480 e. The molecule has 0 saturated carbocycles. The van der Waals surface area contributed by atoms with Crippen LogP contribution in [0.2, 0.25) is 0 Å². The molecule has 0 amide bonds. The van der Waals surface area contributed by atoms with Crippen molar-refractivity contribution in [3.63, 3.8) is 0 Å². The van der Waals surface area contributed by atoms with Crippen LogP contribution in [0.15, 0.2) is 12.7 Å². The summed E-state index contributed by atoms with van der Waals surface area (Å²) in [6, 6.07) is -0.751. The molecule has 0 bridgehead atoms. The van der Waals surface area contributed by atoms with E-state index in [1.807, 2.05) is 0 Å². The Labute approximate surface area is 84.2 Å². The Morgan fingerprint density at radius 2 is 2.36 bits per heavy atom. The molecule has 0 aromatic rings. The Morgan fingerprint density at radius 1 is 1.79 bits per heavy atom. The summed E-state index contributed by atoms with van der Waals surface area (Å²) in [6.45, 7) is 3.84. The molecule has 0 aromatic heterocycles. The first kappa shape index (κ1) is 13.1. The number of aliphatic carboxylic acids is 1. The number of carbonyl (C=O) groups is 1. The fourth-order valence-corrected chi connectivity index (χ4v) is 1.57. The molecule has 0 spiro atoms. The third-order valence-corrected chi connectivity index (χ3v) is 2.62. The van der Waals surface area contributed by atoms with Crippen LogP contribution >= 0.6 is 0 Å². The van der Waals surface area contributed by atoms with Crippen LogP contribution in [0.5, 0.6) is 0 Å². The van der Waals surface area contributed by atoms with E-state index in [4.69, 9.17) is 9.89 Å². The zero-order chi connectivity index (χ0) is 11.2. The van der Waals surface area contributed by atoms with Gasteiger partial charge in [-0.3, -0.25) is 13.8 Å². The quantitative estimate of drug-likeness (QED) is 0.538. The SMILES string of the molecule is C=CCN[C@@H](CCS(C)(=N)=O)C(=O)O. The van der Waals surface area contributed by atoms with Crippen molar-refractivity contribution in [2.75, 3.05) is 18.6 Å². The zero-order valence-corrected chi connectivity index (χ0v) is 8.97. The second-order valence-corrected chi connectivity index (χ2v) is 5.50. The van der Waals surface area contributed by atoms with Gasteiger partial charge in [-0.15, -0.1) is 6.58 Å². The standard InChI is InChI=1S/C8H16N2O3S/c1-3-5-10-7(8(11)12)4-6-14(2,9)13/h3,7,9-10H,1,4-6H2,2H3,(H,11,12)/t7-,14?/m0/s1. The lowest BCUT2D eigenvalue weighted by Crippen LogP contribution is -2.38. The van der Waals surface area contributed by atoms with Crippen molar-refractivity contribution >= 4 is 15.7 Å². The van der Waals surface area contributed by atoms with Gasteiger partial charge in [0.25, 0.3) is 0 Å². The van der Waals surface area contributed by atoms with Crippen LogP contribution < -0.4 is 5.32 Å². The maximum absolute atomic E-state index is 11.0. The summed E-state index contributed by atoms with van der Waals surface area (Å²) in [5, 5.41) is 11.5. The van der Waals surface area contributed by atoms with Crippen molar-refractivity contribution < 1.29 is 14.1 Å². The van der Waals surface area contributed by atoms with Gasteiger partial charge in [0.05, 0.1) is 0 Å². The van der Waals surface area contributed by atoms with Gasteiger partial charge < -0.3 is 10.4 Å². The summed E-state index contributed by atoms with van der Waals surface area (Å²) in [5.74, 6) is -0.899. The molecule has 0 aliphatic heterocycles. The molecule has 0 radical (unpaired) electrons. The molecule has 0 aliphatic carbocycles. The number of hydrogen-bond donors (Lipinski definition) is 3. The second kappa shape index (κ2) is 5.77. The van der Waals surface area contributed by atoms with Gasteiger partial charge in [0.1, 0.15) is 6.04 Å². The average molecular weight is 220 g/mol. The van der Waals surface area contributed by atoms with Gasteiger partial charge in [-0.05, 0) is 6.42 Å². The molecule has 0 aliphatic rings. The highest BCUT2D eigenvalue weighted by Gasteiger charge is 2.16. The van der Waals surface area contributed by atoms with E-state index < -0.39 is 21.7 Å².